The van der Waals surface area contributed by atoms with Crippen molar-refractivity contribution in [2.75, 3.05) is 4.72 Å². The van der Waals surface area contributed by atoms with Gasteiger partial charge in [-0.3, -0.25) is 4.72 Å². The minimum Gasteiger partial charge on any atom is -0.337 e. The summed E-state index contributed by atoms with van der Waals surface area (Å²) in [5, 5.41) is 0.316. The van der Waals surface area contributed by atoms with Crippen molar-refractivity contribution in [1.29, 1.82) is 0 Å². The van der Waals surface area contributed by atoms with Crippen LogP contribution < -0.4 is 4.72 Å². The lowest BCUT2D eigenvalue weighted by molar-refractivity contribution is 0.598. The predicted molar refractivity (Wildman–Crippen MR) is 72.7 cm³/mol. The van der Waals surface area contributed by atoms with E-state index in [4.69, 9.17) is 11.6 Å². The summed E-state index contributed by atoms with van der Waals surface area (Å²) in [4.78, 5) is 7.88. The average molecular weight is 301 g/mol. The lowest BCUT2D eigenvalue weighted by Crippen LogP contribution is -2.13. The van der Waals surface area contributed by atoms with Crippen LogP contribution >= 0.6 is 11.6 Å². The van der Waals surface area contributed by atoms with Crippen molar-refractivity contribution >= 4 is 27.3 Å². The maximum Gasteiger partial charge on any atom is 0.281 e. The molecule has 19 heavy (non-hydrogen) atoms. The molecule has 0 radical (unpaired) electrons. The molecular weight excluding hydrogens is 288 g/mol. The van der Waals surface area contributed by atoms with Crippen LogP contribution in [0.5, 0.6) is 0 Å². The van der Waals surface area contributed by atoms with Crippen molar-refractivity contribution < 1.29 is 8.42 Å². The van der Waals surface area contributed by atoms with Gasteiger partial charge in [-0.05, 0) is 25.5 Å². The third-order valence-corrected chi connectivity index (χ3v) is 4.28. The van der Waals surface area contributed by atoms with Gasteiger partial charge in [0.25, 0.3) is 10.0 Å². The summed E-state index contributed by atoms with van der Waals surface area (Å²) in [6.45, 7) is 3.48. The number of rotatable bonds is 3. The Kier molecular flexibility index (Phi) is 3.51. The van der Waals surface area contributed by atoms with E-state index in [9.17, 15) is 8.42 Å². The van der Waals surface area contributed by atoms with Crippen LogP contribution in [-0.2, 0) is 17.1 Å². The lowest BCUT2D eigenvalue weighted by atomic mass is 10.3. The van der Waals surface area contributed by atoms with Crippen LogP contribution in [0.3, 0.4) is 0 Å². The van der Waals surface area contributed by atoms with Crippen LogP contribution in [0.2, 0.25) is 5.15 Å². The summed E-state index contributed by atoms with van der Waals surface area (Å²) < 4.78 is 28.3. The molecule has 0 bridgehead atoms. The quantitative estimate of drug-likeness (QED) is 0.878. The van der Waals surface area contributed by atoms with E-state index in [0.717, 1.165) is 0 Å². The Hall–Kier alpha value is -1.60. The molecule has 2 rings (SSSR count). The number of aromatic nitrogens is 3. The third-order valence-electron chi connectivity index (χ3n) is 2.63. The van der Waals surface area contributed by atoms with Crippen molar-refractivity contribution in [3.63, 3.8) is 0 Å². The van der Waals surface area contributed by atoms with Crippen LogP contribution in [0.1, 0.15) is 11.4 Å². The number of halogens is 1. The van der Waals surface area contributed by atoms with Crippen molar-refractivity contribution in [2.45, 2.75) is 18.9 Å². The highest BCUT2D eigenvalue weighted by Crippen LogP contribution is 2.19. The summed E-state index contributed by atoms with van der Waals surface area (Å²) in [5.74, 6) is 0.616. The van der Waals surface area contributed by atoms with Gasteiger partial charge in [0, 0.05) is 13.2 Å². The van der Waals surface area contributed by atoms with Crippen molar-refractivity contribution in [3.8, 4) is 0 Å². The molecule has 0 amide bonds. The summed E-state index contributed by atoms with van der Waals surface area (Å²) >= 11 is 5.79. The molecule has 0 fully saturated rings. The summed E-state index contributed by atoms with van der Waals surface area (Å²) in [7, 11) is -1.98. The van der Waals surface area contributed by atoms with E-state index >= 15 is 0 Å². The number of imidazole rings is 1. The topological polar surface area (TPSA) is 76.9 Å². The molecule has 8 heteroatoms. The Labute approximate surface area is 116 Å². The number of sulfonamides is 1. The fourth-order valence-corrected chi connectivity index (χ4v) is 2.66. The number of pyridine rings is 1. The minimum absolute atomic E-state index is 0.0277. The second kappa shape index (κ2) is 4.82. The Morgan fingerprint density at radius 2 is 2.05 bits per heavy atom. The second-order valence-corrected chi connectivity index (χ2v) is 6.16. The Morgan fingerprint density at radius 3 is 2.58 bits per heavy atom. The van der Waals surface area contributed by atoms with E-state index < -0.39 is 10.0 Å². The Balaban J connectivity index is 2.33. The SMILES string of the molecule is Cc1cc(NS(=O)(=O)c2cn(C)c(C)n2)cnc1Cl. The standard InChI is InChI=1S/C11H13ClN4O2S/c1-7-4-9(5-13-11(7)12)15-19(17,18)10-6-16(3)8(2)14-10/h4-6,15H,1-3H3. The summed E-state index contributed by atoms with van der Waals surface area (Å²) in [5.41, 5.74) is 1.05. The molecule has 0 saturated carbocycles. The van der Waals surface area contributed by atoms with E-state index in [0.29, 0.717) is 22.2 Å². The van der Waals surface area contributed by atoms with Crippen LogP contribution in [0.15, 0.2) is 23.5 Å². The van der Waals surface area contributed by atoms with Gasteiger partial charge in [0.1, 0.15) is 11.0 Å². The van der Waals surface area contributed by atoms with Gasteiger partial charge in [0.2, 0.25) is 0 Å². The first-order valence-electron chi connectivity index (χ1n) is 5.44. The van der Waals surface area contributed by atoms with E-state index in [1.54, 1.807) is 31.5 Å². The van der Waals surface area contributed by atoms with E-state index in [1.165, 1.54) is 12.4 Å². The number of nitrogens with one attached hydrogen (secondary N) is 1. The van der Waals surface area contributed by atoms with E-state index in [1.807, 2.05) is 0 Å². The van der Waals surface area contributed by atoms with Gasteiger partial charge in [-0.1, -0.05) is 11.6 Å². The molecule has 0 atom stereocenters. The van der Waals surface area contributed by atoms with Crippen molar-refractivity contribution in [2.24, 2.45) is 7.05 Å². The molecule has 6 nitrogen and oxygen atoms in total. The largest absolute Gasteiger partial charge is 0.337 e. The predicted octanol–water partition coefficient (Wildman–Crippen LogP) is 1.89. The molecule has 0 aliphatic heterocycles. The first-order valence-corrected chi connectivity index (χ1v) is 7.30. The maximum atomic E-state index is 12.1. The number of hydrogen-bond acceptors (Lipinski definition) is 4. The lowest BCUT2D eigenvalue weighted by Gasteiger charge is -2.06. The molecule has 0 aromatic carbocycles. The Morgan fingerprint density at radius 1 is 1.37 bits per heavy atom. The fraction of sp³-hybridized carbons (Fsp3) is 0.273. The van der Waals surface area contributed by atoms with Gasteiger partial charge in [-0.25, -0.2) is 9.97 Å². The molecule has 0 saturated heterocycles. The van der Waals surface area contributed by atoms with Crippen LogP contribution in [0.25, 0.3) is 0 Å². The van der Waals surface area contributed by atoms with Gasteiger partial charge < -0.3 is 4.57 Å². The molecule has 2 aromatic heterocycles. The van der Waals surface area contributed by atoms with E-state index in [-0.39, 0.29) is 5.03 Å². The molecule has 0 unspecified atom stereocenters. The number of aryl methyl sites for hydroxylation is 3. The third kappa shape index (κ3) is 2.87. The highest BCUT2D eigenvalue weighted by atomic mass is 35.5. The van der Waals surface area contributed by atoms with Crippen LogP contribution in [0, 0.1) is 13.8 Å². The van der Waals surface area contributed by atoms with Crippen LogP contribution in [0.4, 0.5) is 5.69 Å². The van der Waals surface area contributed by atoms with Gasteiger partial charge >= 0.3 is 0 Å². The zero-order valence-electron chi connectivity index (χ0n) is 10.7. The molecule has 0 spiro atoms. The molecule has 0 aliphatic rings. The van der Waals surface area contributed by atoms with Crippen molar-refractivity contribution in [1.82, 2.24) is 14.5 Å². The van der Waals surface area contributed by atoms with Crippen LogP contribution in [-0.4, -0.2) is 23.0 Å². The minimum atomic E-state index is -3.71. The van der Waals surface area contributed by atoms with Gasteiger partial charge in [-0.15, -0.1) is 0 Å². The molecular formula is C11H13ClN4O2S. The number of hydrogen-bond donors (Lipinski definition) is 1. The Bertz CT molecular complexity index is 705. The molecule has 2 heterocycles. The van der Waals surface area contributed by atoms with E-state index in [2.05, 4.69) is 14.7 Å². The van der Waals surface area contributed by atoms with Gasteiger partial charge in [-0.2, -0.15) is 8.42 Å². The van der Waals surface area contributed by atoms with Crippen molar-refractivity contribution in [3.05, 3.63) is 35.0 Å². The molecule has 2 aromatic rings. The van der Waals surface area contributed by atoms with Gasteiger partial charge in [0.05, 0.1) is 11.9 Å². The normalized spacial score (nSPS) is 11.6. The summed E-state index contributed by atoms with van der Waals surface area (Å²) in [6, 6.07) is 1.61. The van der Waals surface area contributed by atoms with Gasteiger partial charge in [0.15, 0.2) is 5.03 Å². The molecule has 102 valence electrons. The first kappa shape index (κ1) is 13.8. The zero-order valence-corrected chi connectivity index (χ0v) is 12.2. The highest BCUT2D eigenvalue weighted by Gasteiger charge is 2.18. The first-order chi connectivity index (χ1) is 8.79. The summed E-state index contributed by atoms with van der Waals surface area (Å²) in [6.07, 6.45) is 2.82. The average Bonchev–Trinajstić information content (AvgIpc) is 2.65. The number of nitrogens with zero attached hydrogens (tertiary/aromatic N) is 3. The maximum absolute atomic E-state index is 12.1. The number of anilines is 1. The smallest absolute Gasteiger partial charge is 0.281 e. The second-order valence-electron chi connectivity index (χ2n) is 4.17. The fourth-order valence-electron chi connectivity index (χ4n) is 1.48. The molecule has 0 aliphatic carbocycles. The monoisotopic (exact) mass is 300 g/mol. The zero-order chi connectivity index (χ0) is 14.2. The highest BCUT2D eigenvalue weighted by molar-refractivity contribution is 7.92. The molecule has 1 N–H and O–H groups in total.